The minimum Gasteiger partial charge on any atom is -0.316 e. The van der Waals surface area contributed by atoms with Crippen molar-refractivity contribution in [1.82, 2.24) is 23.6 Å². The minimum atomic E-state index is -0.390. The van der Waals surface area contributed by atoms with Gasteiger partial charge in [-0.05, 0) is 36.0 Å². The van der Waals surface area contributed by atoms with E-state index in [4.69, 9.17) is 28.2 Å². The highest BCUT2D eigenvalue weighted by atomic mass is 35.5. The molecular weight excluding hydrogens is 437 g/mol. The third-order valence-electron chi connectivity index (χ3n) is 6.08. The monoisotopic (exact) mass is 463 g/mol. The molecule has 0 unspecified atom stereocenters. The second kappa shape index (κ2) is 8.45. The summed E-state index contributed by atoms with van der Waals surface area (Å²) in [6, 6.07) is 5.33. The van der Waals surface area contributed by atoms with E-state index in [0.717, 1.165) is 29.0 Å². The summed E-state index contributed by atoms with van der Waals surface area (Å²) in [5.41, 5.74) is 0.888. The molecule has 0 bridgehead atoms. The Kier molecular flexibility index (Phi) is 6.03. The first-order valence-corrected chi connectivity index (χ1v) is 11.2. The molecule has 1 saturated heterocycles. The highest BCUT2D eigenvalue weighted by molar-refractivity contribution is 6.35. The molecule has 31 heavy (non-hydrogen) atoms. The van der Waals surface area contributed by atoms with Gasteiger partial charge in [-0.1, -0.05) is 43.1 Å². The van der Waals surface area contributed by atoms with Crippen LogP contribution in [0, 0.1) is 11.8 Å². The maximum absolute atomic E-state index is 13.1. The van der Waals surface area contributed by atoms with Gasteiger partial charge < -0.3 is 4.57 Å². The Labute approximate surface area is 190 Å². The van der Waals surface area contributed by atoms with Gasteiger partial charge in [0.25, 0.3) is 5.56 Å². The van der Waals surface area contributed by atoms with Crippen LogP contribution in [-0.2, 0) is 27.2 Å². The first-order valence-electron chi connectivity index (χ1n) is 10.5. The van der Waals surface area contributed by atoms with Crippen LogP contribution < -0.4 is 11.2 Å². The van der Waals surface area contributed by atoms with Crippen molar-refractivity contribution in [3.05, 3.63) is 60.5 Å². The lowest BCUT2D eigenvalue weighted by Gasteiger charge is -2.34. The summed E-state index contributed by atoms with van der Waals surface area (Å²) in [7, 11) is 3.13. The van der Waals surface area contributed by atoms with Gasteiger partial charge in [-0.2, -0.15) is 0 Å². The molecule has 166 valence electrons. The van der Waals surface area contributed by atoms with Crippen molar-refractivity contribution >= 4 is 34.4 Å². The Morgan fingerprint density at radius 3 is 2.35 bits per heavy atom. The van der Waals surface area contributed by atoms with Gasteiger partial charge in [-0.3, -0.25) is 18.8 Å². The van der Waals surface area contributed by atoms with E-state index in [1.807, 2.05) is 10.6 Å². The lowest BCUT2D eigenvalue weighted by atomic mass is 9.92. The van der Waals surface area contributed by atoms with Crippen molar-refractivity contribution in [1.29, 1.82) is 0 Å². The molecule has 0 saturated carbocycles. The average Bonchev–Trinajstić information content (AvgIpc) is 3.04. The third kappa shape index (κ3) is 4.19. The number of fused-ring (bicyclic) bond motifs is 1. The van der Waals surface area contributed by atoms with E-state index in [-0.39, 0.29) is 5.56 Å². The summed E-state index contributed by atoms with van der Waals surface area (Å²) in [4.78, 5) is 32.7. The largest absolute Gasteiger partial charge is 0.332 e. The Bertz CT molecular complexity index is 1250. The lowest BCUT2D eigenvalue weighted by molar-refractivity contribution is 0.130. The zero-order chi connectivity index (χ0) is 22.4. The van der Waals surface area contributed by atoms with Gasteiger partial charge in [-0.25, -0.2) is 9.78 Å². The quantitative estimate of drug-likeness (QED) is 0.595. The zero-order valence-electron chi connectivity index (χ0n) is 18.2. The molecule has 1 aliphatic heterocycles. The number of rotatable bonds is 4. The van der Waals surface area contributed by atoms with Gasteiger partial charge in [0.2, 0.25) is 0 Å². The van der Waals surface area contributed by atoms with E-state index < -0.39 is 5.69 Å². The van der Waals surface area contributed by atoms with Gasteiger partial charge in [0.05, 0.1) is 13.1 Å². The SMILES string of the molecule is C[C@@H]1C[C@@H](C)CN(Cc2nc3c(c(=O)n(C)c(=O)n3C)n2Cc2ccc(Cl)cc2Cl)C1. The number of hydrogen-bond acceptors (Lipinski definition) is 4. The number of nitrogens with zero attached hydrogens (tertiary/aromatic N) is 5. The van der Waals surface area contributed by atoms with E-state index in [9.17, 15) is 9.59 Å². The standard InChI is InChI=1S/C22H27Cl2N5O2/c1-13-7-14(2)10-28(9-13)12-18-25-20-19(21(30)27(4)22(31)26(20)3)29(18)11-15-5-6-16(23)8-17(15)24/h5-6,8,13-14H,7,9-12H2,1-4H3/t13-,14-/m1/s1. The maximum Gasteiger partial charge on any atom is 0.332 e. The summed E-state index contributed by atoms with van der Waals surface area (Å²) in [5.74, 6) is 1.95. The molecule has 0 aliphatic carbocycles. The first-order chi connectivity index (χ1) is 14.7. The Morgan fingerprint density at radius 1 is 1.03 bits per heavy atom. The number of imidazole rings is 1. The Morgan fingerprint density at radius 2 is 1.71 bits per heavy atom. The molecule has 1 aromatic carbocycles. The predicted octanol–water partition coefficient (Wildman–Crippen LogP) is 3.27. The lowest BCUT2D eigenvalue weighted by Crippen LogP contribution is -2.39. The molecule has 2 aromatic heterocycles. The van der Waals surface area contributed by atoms with E-state index >= 15 is 0 Å². The number of aromatic nitrogens is 4. The second-order valence-electron chi connectivity index (χ2n) is 8.87. The molecule has 0 radical (unpaired) electrons. The summed E-state index contributed by atoms with van der Waals surface area (Å²) < 4.78 is 4.45. The van der Waals surface area contributed by atoms with Crippen molar-refractivity contribution in [2.45, 2.75) is 33.4 Å². The minimum absolute atomic E-state index is 0.359. The number of piperidine rings is 1. The van der Waals surface area contributed by atoms with Gasteiger partial charge in [0, 0.05) is 37.2 Å². The van der Waals surface area contributed by atoms with Crippen molar-refractivity contribution < 1.29 is 0 Å². The summed E-state index contributed by atoms with van der Waals surface area (Å²) in [6.45, 7) is 7.45. The number of aryl methyl sites for hydroxylation is 1. The molecule has 1 aliphatic rings. The predicted molar refractivity (Wildman–Crippen MR) is 124 cm³/mol. The molecule has 0 spiro atoms. The normalized spacial score (nSPS) is 19.9. The van der Waals surface area contributed by atoms with E-state index in [1.165, 1.54) is 18.0 Å². The highest BCUT2D eigenvalue weighted by Crippen LogP contribution is 2.26. The second-order valence-corrected chi connectivity index (χ2v) is 9.71. The molecule has 1 fully saturated rings. The van der Waals surface area contributed by atoms with Crippen LogP contribution in [0.25, 0.3) is 11.2 Å². The van der Waals surface area contributed by atoms with Gasteiger partial charge in [0.1, 0.15) is 5.82 Å². The Hall–Kier alpha value is -2.09. The van der Waals surface area contributed by atoms with Crippen molar-refractivity contribution in [2.24, 2.45) is 25.9 Å². The van der Waals surface area contributed by atoms with Crippen molar-refractivity contribution in [2.75, 3.05) is 13.1 Å². The van der Waals surface area contributed by atoms with Crippen LogP contribution in [0.2, 0.25) is 10.0 Å². The van der Waals surface area contributed by atoms with Gasteiger partial charge in [0.15, 0.2) is 11.2 Å². The zero-order valence-corrected chi connectivity index (χ0v) is 19.7. The molecule has 3 aromatic rings. The molecular formula is C22H27Cl2N5O2. The first kappa shape index (κ1) is 22.1. The van der Waals surface area contributed by atoms with Crippen molar-refractivity contribution in [3.8, 4) is 0 Å². The van der Waals surface area contributed by atoms with Crippen LogP contribution in [0.3, 0.4) is 0 Å². The summed E-state index contributed by atoms with van der Waals surface area (Å²) in [5, 5.41) is 1.08. The van der Waals surface area contributed by atoms with Crippen LogP contribution in [-0.4, -0.2) is 36.7 Å². The number of halogens is 2. The van der Waals surface area contributed by atoms with Gasteiger partial charge in [-0.15, -0.1) is 0 Å². The smallest absolute Gasteiger partial charge is 0.316 e. The summed E-state index contributed by atoms with van der Waals surface area (Å²) in [6.07, 6.45) is 1.21. The molecule has 4 rings (SSSR count). The van der Waals surface area contributed by atoms with Crippen LogP contribution in [0.1, 0.15) is 31.7 Å². The maximum atomic E-state index is 13.1. The summed E-state index contributed by atoms with van der Waals surface area (Å²) >= 11 is 12.5. The molecule has 0 N–H and O–H groups in total. The van der Waals surface area contributed by atoms with Gasteiger partial charge >= 0.3 is 5.69 Å². The van der Waals surface area contributed by atoms with Crippen LogP contribution in [0.4, 0.5) is 0 Å². The Balaban J connectivity index is 1.87. The third-order valence-corrected chi connectivity index (χ3v) is 6.67. The fourth-order valence-corrected chi connectivity index (χ4v) is 5.19. The van der Waals surface area contributed by atoms with E-state index in [2.05, 4.69) is 18.7 Å². The highest BCUT2D eigenvalue weighted by Gasteiger charge is 2.25. The molecule has 7 nitrogen and oxygen atoms in total. The van der Waals surface area contributed by atoms with Crippen LogP contribution in [0.15, 0.2) is 27.8 Å². The van der Waals surface area contributed by atoms with Crippen LogP contribution in [0.5, 0.6) is 0 Å². The molecule has 9 heteroatoms. The topological polar surface area (TPSA) is 65.1 Å². The molecule has 0 amide bonds. The van der Waals surface area contributed by atoms with Crippen LogP contribution >= 0.6 is 23.2 Å². The van der Waals surface area contributed by atoms with E-state index in [0.29, 0.717) is 46.1 Å². The number of likely N-dealkylation sites (tertiary alicyclic amines) is 1. The number of hydrogen-bond donors (Lipinski definition) is 0. The average molecular weight is 464 g/mol. The van der Waals surface area contributed by atoms with Crippen molar-refractivity contribution in [3.63, 3.8) is 0 Å². The number of benzene rings is 1. The molecule has 3 heterocycles. The fraction of sp³-hybridized carbons (Fsp3) is 0.500. The fourth-order valence-electron chi connectivity index (χ4n) is 4.72. The van der Waals surface area contributed by atoms with E-state index in [1.54, 1.807) is 19.2 Å². The molecule has 2 atom stereocenters.